The molecule has 12 nitrogen and oxygen atoms in total. The number of pyridine rings is 4. The lowest BCUT2D eigenvalue weighted by molar-refractivity contribution is -0.661. The molecule has 79 heavy (non-hydrogen) atoms. The SMILES string of the molecule is Cc1ccccc1-c1nc2cc(C(C)C)cnc2c[n+]1C.Cc1ccccc1-c1nc2cc(CC(C)C)cnc2c[n+]1C.Cc1ccccc1-c1nc2cccnc2c[n+]1C.Cc1ccccc1-c1nc2ccncc2c[n+]1C. The lowest BCUT2D eigenvalue weighted by atomic mass is 10.0. The Morgan fingerprint density at radius 2 is 0.797 bits per heavy atom. The number of nitrogens with zero attached hydrogens (tertiary/aromatic N) is 12. The normalized spacial score (nSPS) is 11.1. The molecule has 0 aliphatic heterocycles. The molecule has 12 heteroatoms. The van der Waals surface area contributed by atoms with Gasteiger partial charge in [0.05, 0.1) is 55.8 Å². The molecule has 8 heterocycles. The van der Waals surface area contributed by atoms with Crippen LogP contribution in [0.5, 0.6) is 0 Å². The molecule has 0 saturated heterocycles. The minimum absolute atomic E-state index is 0.458. The Morgan fingerprint density at radius 3 is 1.27 bits per heavy atom. The average Bonchev–Trinajstić information content (AvgIpc) is 3.44. The fourth-order valence-corrected chi connectivity index (χ4v) is 9.54. The maximum Gasteiger partial charge on any atom is 0.331 e. The third-order valence-corrected chi connectivity index (χ3v) is 13.9. The van der Waals surface area contributed by atoms with Crippen LogP contribution in [0.2, 0.25) is 0 Å². The van der Waals surface area contributed by atoms with E-state index in [0.717, 1.165) is 84.8 Å². The van der Waals surface area contributed by atoms with Crippen LogP contribution in [-0.2, 0) is 34.6 Å². The highest BCUT2D eigenvalue weighted by Gasteiger charge is 2.22. The summed E-state index contributed by atoms with van der Waals surface area (Å²) in [5.74, 6) is 4.98. The van der Waals surface area contributed by atoms with Crippen LogP contribution in [0.3, 0.4) is 0 Å². The van der Waals surface area contributed by atoms with Gasteiger partial charge in [-0.2, -0.15) is 0 Å². The molecular weight excluding hydrogens is 973 g/mol. The fourth-order valence-electron chi connectivity index (χ4n) is 9.54. The summed E-state index contributed by atoms with van der Waals surface area (Å²) in [6.45, 7) is 17.2. The molecule has 0 atom stereocenters. The molecule has 0 unspecified atom stereocenters. The van der Waals surface area contributed by atoms with E-state index in [4.69, 9.17) is 19.9 Å². The van der Waals surface area contributed by atoms with Crippen molar-refractivity contribution in [1.82, 2.24) is 39.9 Å². The number of benzene rings is 4. The average molecular weight is 1040 g/mol. The number of fused-ring (bicyclic) bond motifs is 4. The summed E-state index contributed by atoms with van der Waals surface area (Å²) >= 11 is 0. The molecule has 394 valence electrons. The fraction of sp³-hybridized carbons (Fsp3) is 0.224. The van der Waals surface area contributed by atoms with E-state index in [1.54, 1.807) is 12.4 Å². The first-order chi connectivity index (χ1) is 38.1. The first-order valence-electron chi connectivity index (χ1n) is 26.9. The Bertz CT molecular complexity index is 4010. The second kappa shape index (κ2) is 24.4. The molecule has 0 fully saturated rings. The van der Waals surface area contributed by atoms with E-state index in [1.165, 1.54) is 44.5 Å². The van der Waals surface area contributed by atoms with E-state index in [9.17, 15) is 0 Å². The van der Waals surface area contributed by atoms with Gasteiger partial charge in [0.2, 0.25) is 16.6 Å². The number of aromatic nitrogens is 12. The van der Waals surface area contributed by atoms with Crippen LogP contribution in [0, 0.1) is 33.6 Å². The Morgan fingerprint density at radius 1 is 0.380 bits per heavy atom. The van der Waals surface area contributed by atoms with Crippen molar-refractivity contribution in [1.29, 1.82) is 0 Å². The molecule has 0 saturated carbocycles. The van der Waals surface area contributed by atoms with Gasteiger partial charge in [0, 0.05) is 37.1 Å². The van der Waals surface area contributed by atoms with Gasteiger partial charge in [0.15, 0.2) is 22.1 Å². The maximum atomic E-state index is 4.87. The third kappa shape index (κ3) is 12.8. The first kappa shape index (κ1) is 54.6. The number of aryl methyl sites for hydroxylation is 8. The number of rotatable bonds is 7. The molecule has 12 aromatic rings. The topological polar surface area (TPSA) is 119 Å². The second-order valence-electron chi connectivity index (χ2n) is 21.0. The van der Waals surface area contributed by atoms with Crippen molar-refractivity contribution in [2.24, 2.45) is 34.1 Å². The van der Waals surface area contributed by atoms with Crippen molar-refractivity contribution < 1.29 is 18.3 Å². The maximum absolute atomic E-state index is 4.87. The zero-order chi connectivity index (χ0) is 55.7. The molecule has 0 aliphatic carbocycles. The van der Waals surface area contributed by atoms with E-state index in [0.29, 0.717) is 11.8 Å². The predicted molar refractivity (Wildman–Crippen MR) is 316 cm³/mol. The Balaban J connectivity index is 0.000000128. The smallest absolute Gasteiger partial charge is 0.264 e. The van der Waals surface area contributed by atoms with Crippen LogP contribution in [0.15, 0.2) is 183 Å². The third-order valence-electron chi connectivity index (χ3n) is 13.9. The van der Waals surface area contributed by atoms with E-state index in [-0.39, 0.29) is 0 Å². The van der Waals surface area contributed by atoms with E-state index in [2.05, 4.69) is 177 Å². The highest BCUT2D eigenvalue weighted by Crippen LogP contribution is 2.25. The highest BCUT2D eigenvalue weighted by molar-refractivity contribution is 5.78. The molecule has 0 N–H and O–H groups in total. The molecule has 0 amide bonds. The summed E-state index contributed by atoms with van der Waals surface area (Å²) in [7, 11) is 8.06. The van der Waals surface area contributed by atoms with Crippen LogP contribution in [0.25, 0.3) is 89.6 Å². The first-order valence-corrected chi connectivity index (χ1v) is 26.9. The molecule has 0 bridgehead atoms. The van der Waals surface area contributed by atoms with Gasteiger partial charge in [0.1, 0.15) is 24.8 Å². The van der Waals surface area contributed by atoms with Crippen LogP contribution >= 0.6 is 0 Å². The van der Waals surface area contributed by atoms with Crippen molar-refractivity contribution in [2.75, 3.05) is 0 Å². The van der Waals surface area contributed by atoms with Gasteiger partial charge in [-0.25, -0.2) is 33.2 Å². The van der Waals surface area contributed by atoms with E-state index < -0.39 is 0 Å². The lowest BCUT2D eigenvalue weighted by Crippen LogP contribution is -2.32. The van der Waals surface area contributed by atoms with Crippen LogP contribution in [0.4, 0.5) is 0 Å². The van der Waals surface area contributed by atoms with Crippen LogP contribution in [0.1, 0.15) is 67.0 Å². The summed E-state index contributed by atoms with van der Waals surface area (Å²) in [5.41, 5.74) is 18.6. The molecule has 8 aromatic heterocycles. The predicted octanol–water partition coefficient (Wildman–Crippen LogP) is 12.0. The van der Waals surface area contributed by atoms with E-state index in [1.807, 2.05) is 115 Å². The summed E-state index contributed by atoms with van der Waals surface area (Å²) in [6.07, 6.45) is 18.5. The van der Waals surface area contributed by atoms with Gasteiger partial charge in [0.25, 0.3) is 0 Å². The van der Waals surface area contributed by atoms with Crippen molar-refractivity contribution in [2.45, 2.75) is 67.7 Å². The summed E-state index contributed by atoms with van der Waals surface area (Å²) in [4.78, 5) is 36.7. The summed E-state index contributed by atoms with van der Waals surface area (Å²) < 4.78 is 8.18. The zero-order valence-electron chi connectivity index (χ0n) is 47.5. The quantitative estimate of drug-likeness (QED) is 0.145. The van der Waals surface area contributed by atoms with Gasteiger partial charge in [-0.3, -0.25) is 4.98 Å². The standard InChI is InChI=1S/C19H22N3.C18H20N3.2C15H14N3/c1-13(2)9-15-10-17-18(20-11-15)12-22(4)19(21-17)16-8-6-5-7-14(16)3;1-12(2)14-9-16-17(19-10-14)11-21(4)18(20-16)15-8-6-5-7-13(15)3;1-11-6-3-4-7-12(11)15-17-13-8-5-9-16-14(13)10-18(15)2;1-11-5-3-4-6-13(11)15-17-14-7-8-16-9-12(14)10-18(15)2/h5-8,10-13H,9H2,1-4H3;5-12H,1-4H3;2*3-10H,1-2H3/q4*+1. The van der Waals surface area contributed by atoms with Gasteiger partial charge in [-0.05, 0) is 148 Å². The monoisotopic (exact) mass is 1040 g/mol. The van der Waals surface area contributed by atoms with Gasteiger partial charge >= 0.3 is 23.3 Å². The van der Waals surface area contributed by atoms with Gasteiger partial charge < -0.3 is 0 Å². The molecule has 0 aliphatic rings. The molecule has 0 radical (unpaired) electrons. The van der Waals surface area contributed by atoms with Gasteiger partial charge in [-0.1, -0.05) is 100 Å². The highest BCUT2D eigenvalue weighted by atomic mass is 15.0. The van der Waals surface area contributed by atoms with E-state index >= 15 is 0 Å². The molecule has 12 rings (SSSR count). The molecule has 0 spiro atoms. The Labute approximate surface area is 464 Å². The Kier molecular flexibility index (Phi) is 16.9. The van der Waals surface area contributed by atoms with Crippen molar-refractivity contribution in [3.05, 3.63) is 217 Å². The van der Waals surface area contributed by atoms with Crippen molar-refractivity contribution in [3.8, 4) is 45.6 Å². The minimum atomic E-state index is 0.458. The second-order valence-corrected chi connectivity index (χ2v) is 21.0. The number of hydrogen-bond donors (Lipinski definition) is 0. The van der Waals surface area contributed by atoms with Crippen LogP contribution in [-0.4, -0.2) is 39.9 Å². The Hall–Kier alpha value is -9.16. The van der Waals surface area contributed by atoms with Crippen LogP contribution < -0.4 is 18.3 Å². The largest absolute Gasteiger partial charge is 0.331 e. The molecule has 4 aromatic carbocycles. The number of hydrogen-bond acceptors (Lipinski definition) is 8. The molecular formula is C67H70N12+4. The van der Waals surface area contributed by atoms with Crippen molar-refractivity contribution in [3.63, 3.8) is 0 Å². The lowest BCUT2D eigenvalue weighted by Gasteiger charge is -2.06. The minimum Gasteiger partial charge on any atom is -0.264 e. The summed E-state index contributed by atoms with van der Waals surface area (Å²) in [5, 5.41) is 1.05. The van der Waals surface area contributed by atoms with Crippen molar-refractivity contribution >= 4 is 44.0 Å². The zero-order valence-corrected chi connectivity index (χ0v) is 47.5. The van der Waals surface area contributed by atoms with Gasteiger partial charge in [-0.15, -0.1) is 0 Å². The summed E-state index contributed by atoms with van der Waals surface area (Å²) in [6, 6.07) is 43.4.